The van der Waals surface area contributed by atoms with Crippen LogP contribution in [-0.4, -0.2) is 7.05 Å². The van der Waals surface area contributed by atoms with Gasteiger partial charge in [0, 0.05) is 5.56 Å². The van der Waals surface area contributed by atoms with Gasteiger partial charge in [0.05, 0.1) is 10.5 Å². The molecule has 1 aromatic heterocycles. The van der Waals surface area contributed by atoms with Crippen LogP contribution in [0.5, 0.6) is 0 Å². The van der Waals surface area contributed by atoms with E-state index in [0.29, 0.717) is 0 Å². The second-order valence-electron chi connectivity index (χ2n) is 3.54. The summed E-state index contributed by atoms with van der Waals surface area (Å²) in [5, 5.41) is 6.69. The molecule has 1 aromatic carbocycles. The number of hydrogen-bond donors (Lipinski definition) is 1. The van der Waals surface area contributed by atoms with Gasteiger partial charge in [-0.15, -0.1) is 0 Å². The largest absolute Gasteiger partial charge is 0.309 e. The second kappa shape index (κ2) is 5.25. The fourth-order valence-corrected chi connectivity index (χ4v) is 2.76. The first-order valence-electron chi connectivity index (χ1n) is 4.98. The highest BCUT2D eigenvalue weighted by atomic mass is 79.9. The molecule has 2 rings (SSSR count). The predicted octanol–water partition coefficient (Wildman–Crippen LogP) is 4.10. The van der Waals surface area contributed by atoms with E-state index in [1.807, 2.05) is 16.8 Å². The van der Waals surface area contributed by atoms with Crippen LogP contribution >= 0.6 is 27.3 Å². The second-order valence-corrected chi connectivity index (χ2v) is 5.17. The molecule has 0 aliphatic heterocycles. The predicted molar refractivity (Wildman–Crippen MR) is 69.3 cm³/mol. The number of halogens is 3. The van der Waals surface area contributed by atoms with Crippen LogP contribution in [0.1, 0.15) is 17.2 Å². The van der Waals surface area contributed by atoms with Gasteiger partial charge in [-0.1, -0.05) is 0 Å². The topological polar surface area (TPSA) is 12.0 Å². The Kier molecular flexibility index (Phi) is 3.91. The van der Waals surface area contributed by atoms with Gasteiger partial charge in [-0.2, -0.15) is 11.3 Å². The fraction of sp³-hybridized carbons (Fsp3) is 0.167. The minimum atomic E-state index is -0.560. The van der Waals surface area contributed by atoms with Crippen molar-refractivity contribution in [2.75, 3.05) is 7.05 Å². The lowest BCUT2D eigenvalue weighted by Gasteiger charge is -2.17. The molecular formula is C12H10BrF2NS. The smallest absolute Gasteiger partial charge is 0.145 e. The maximum absolute atomic E-state index is 14.0. The Morgan fingerprint density at radius 2 is 2.06 bits per heavy atom. The van der Waals surface area contributed by atoms with Crippen LogP contribution < -0.4 is 5.32 Å². The summed E-state index contributed by atoms with van der Waals surface area (Å²) in [4.78, 5) is 0. The molecule has 1 nitrogen and oxygen atoms in total. The molecule has 2 aromatic rings. The summed E-state index contributed by atoms with van der Waals surface area (Å²) in [6, 6.07) is 4.01. The van der Waals surface area contributed by atoms with E-state index in [0.717, 1.165) is 5.56 Å². The van der Waals surface area contributed by atoms with Crippen molar-refractivity contribution in [3.63, 3.8) is 0 Å². The van der Waals surface area contributed by atoms with Gasteiger partial charge in [-0.05, 0) is 57.5 Å². The van der Waals surface area contributed by atoms with Gasteiger partial charge in [-0.3, -0.25) is 0 Å². The molecule has 0 aliphatic carbocycles. The van der Waals surface area contributed by atoms with E-state index < -0.39 is 17.7 Å². The lowest BCUT2D eigenvalue weighted by atomic mass is 10.0. The minimum Gasteiger partial charge on any atom is -0.309 e. The number of rotatable bonds is 3. The zero-order valence-corrected chi connectivity index (χ0v) is 11.4. The molecule has 1 atom stereocenters. The average Bonchev–Trinajstić information content (AvgIpc) is 2.83. The summed E-state index contributed by atoms with van der Waals surface area (Å²) in [7, 11) is 1.68. The molecule has 0 radical (unpaired) electrons. The first-order valence-corrected chi connectivity index (χ1v) is 6.71. The van der Waals surface area contributed by atoms with Gasteiger partial charge in [-0.25, -0.2) is 8.78 Å². The minimum absolute atomic E-state index is 0.0419. The molecule has 1 N–H and O–H groups in total. The van der Waals surface area contributed by atoms with E-state index in [-0.39, 0.29) is 10.0 Å². The van der Waals surface area contributed by atoms with E-state index >= 15 is 0 Å². The number of thiophene rings is 1. The third kappa shape index (κ3) is 2.41. The summed E-state index contributed by atoms with van der Waals surface area (Å²) in [5.41, 5.74) is 0.897. The Balaban J connectivity index is 2.55. The Labute approximate surface area is 111 Å². The third-order valence-electron chi connectivity index (χ3n) is 2.53. The van der Waals surface area contributed by atoms with Crippen LogP contribution in [0.25, 0.3) is 0 Å². The highest BCUT2D eigenvalue weighted by Crippen LogP contribution is 2.31. The molecule has 90 valence electrons. The average molecular weight is 318 g/mol. The van der Waals surface area contributed by atoms with Crippen molar-refractivity contribution in [1.29, 1.82) is 0 Å². The first-order chi connectivity index (χ1) is 8.15. The molecule has 0 amide bonds. The Bertz CT molecular complexity index is 513. The van der Waals surface area contributed by atoms with Gasteiger partial charge in [0.15, 0.2) is 0 Å². The zero-order chi connectivity index (χ0) is 12.4. The lowest BCUT2D eigenvalue weighted by molar-refractivity contribution is 0.519. The summed E-state index contributed by atoms with van der Waals surface area (Å²) >= 11 is 4.57. The molecule has 0 spiro atoms. The molecule has 5 heteroatoms. The quantitative estimate of drug-likeness (QED) is 0.840. The summed E-state index contributed by atoms with van der Waals surface area (Å²) in [6.07, 6.45) is 0. The van der Waals surface area contributed by atoms with Gasteiger partial charge >= 0.3 is 0 Å². The van der Waals surface area contributed by atoms with Crippen molar-refractivity contribution in [3.8, 4) is 0 Å². The highest BCUT2D eigenvalue weighted by molar-refractivity contribution is 9.10. The SMILES string of the molecule is CNC(c1ccsc1)c1c(F)ccc(Br)c1F. The van der Waals surface area contributed by atoms with E-state index in [1.165, 1.54) is 23.5 Å². The maximum atomic E-state index is 14.0. The highest BCUT2D eigenvalue weighted by Gasteiger charge is 2.22. The molecule has 17 heavy (non-hydrogen) atoms. The molecule has 1 heterocycles. The third-order valence-corrected chi connectivity index (χ3v) is 3.85. The molecule has 0 fully saturated rings. The van der Waals surface area contributed by atoms with Crippen molar-refractivity contribution >= 4 is 27.3 Å². The Morgan fingerprint density at radius 1 is 1.29 bits per heavy atom. The van der Waals surface area contributed by atoms with E-state index in [9.17, 15) is 8.78 Å². The van der Waals surface area contributed by atoms with Crippen LogP contribution in [0, 0.1) is 11.6 Å². The van der Waals surface area contributed by atoms with Crippen LogP contribution in [-0.2, 0) is 0 Å². The molecular weight excluding hydrogens is 308 g/mol. The molecule has 0 aliphatic rings. The van der Waals surface area contributed by atoms with Crippen molar-refractivity contribution < 1.29 is 8.78 Å². The Hall–Kier alpha value is -0.780. The number of benzene rings is 1. The normalized spacial score (nSPS) is 12.7. The lowest BCUT2D eigenvalue weighted by Crippen LogP contribution is -2.20. The molecule has 0 saturated heterocycles. The molecule has 0 saturated carbocycles. The fourth-order valence-electron chi connectivity index (χ4n) is 1.72. The van der Waals surface area contributed by atoms with Crippen molar-refractivity contribution in [2.24, 2.45) is 0 Å². The van der Waals surface area contributed by atoms with Crippen molar-refractivity contribution in [1.82, 2.24) is 5.32 Å². The summed E-state index contributed by atoms with van der Waals surface area (Å²) in [6.45, 7) is 0. The van der Waals surface area contributed by atoms with Crippen LogP contribution in [0.15, 0.2) is 33.4 Å². The van der Waals surface area contributed by atoms with Gasteiger partial charge in [0.25, 0.3) is 0 Å². The monoisotopic (exact) mass is 317 g/mol. The number of hydrogen-bond acceptors (Lipinski definition) is 2. The van der Waals surface area contributed by atoms with Crippen molar-refractivity contribution in [2.45, 2.75) is 6.04 Å². The van der Waals surface area contributed by atoms with E-state index in [4.69, 9.17) is 0 Å². The standard InChI is InChI=1S/C12H10BrF2NS/c1-16-12(7-4-5-17-6-7)10-9(14)3-2-8(13)11(10)15/h2-6,12,16H,1H3. The van der Waals surface area contributed by atoms with Crippen LogP contribution in [0.4, 0.5) is 8.78 Å². The Morgan fingerprint density at radius 3 is 2.65 bits per heavy atom. The first kappa shape index (κ1) is 12.7. The summed E-state index contributed by atoms with van der Waals surface area (Å²) < 4.78 is 28.0. The van der Waals surface area contributed by atoms with Gasteiger partial charge < -0.3 is 5.32 Å². The summed E-state index contributed by atoms with van der Waals surface area (Å²) in [5.74, 6) is -1.10. The molecule has 1 unspecified atom stereocenters. The van der Waals surface area contributed by atoms with Crippen molar-refractivity contribution in [3.05, 3.63) is 56.2 Å². The number of nitrogens with one attached hydrogen (secondary N) is 1. The van der Waals surface area contributed by atoms with Crippen LogP contribution in [0.3, 0.4) is 0 Å². The molecule has 0 bridgehead atoms. The zero-order valence-electron chi connectivity index (χ0n) is 9.01. The van der Waals surface area contributed by atoms with Gasteiger partial charge in [0.1, 0.15) is 11.6 Å². The van der Waals surface area contributed by atoms with Gasteiger partial charge in [0.2, 0.25) is 0 Å². The van der Waals surface area contributed by atoms with E-state index in [2.05, 4.69) is 21.2 Å². The maximum Gasteiger partial charge on any atom is 0.145 e. The van der Waals surface area contributed by atoms with Crippen LogP contribution in [0.2, 0.25) is 0 Å². The van der Waals surface area contributed by atoms with E-state index in [1.54, 1.807) is 7.05 Å².